The molecule has 7 heteroatoms. The Hall–Kier alpha value is -2.16. The predicted octanol–water partition coefficient (Wildman–Crippen LogP) is 4.60. The van der Waals surface area contributed by atoms with Crippen molar-refractivity contribution in [3.8, 4) is 0 Å². The smallest absolute Gasteiger partial charge is 0.222 e. The number of hydrogen-bond donors (Lipinski definition) is 2. The number of carbonyl (C=O) groups is 1. The Morgan fingerprint density at radius 3 is 2.53 bits per heavy atom. The highest BCUT2D eigenvalue weighted by Gasteiger charge is 2.22. The molecule has 0 unspecified atom stereocenters. The van der Waals surface area contributed by atoms with Gasteiger partial charge in [0.05, 0.1) is 6.54 Å². The highest BCUT2D eigenvalue weighted by atomic mass is 127. The molecule has 3 rings (SSSR count). The summed E-state index contributed by atoms with van der Waals surface area (Å²) in [5.74, 6) is 0.728. The molecule has 2 aromatic rings. The van der Waals surface area contributed by atoms with E-state index in [4.69, 9.17) is 4.99 Å². The quantitative estimate of drug-likeness (QED) is 0.286. The van der Waals surface area contributed by atoms with Crippen molar-refractivity contribution in [1.82, 2.24) is 15.5 Å². The minimum atomic E-state index is -0.258. The molecule has 0 atom stereocenters. The van der Waals surface area contributed by atoms with Crippen molar-refractivity contribution in [3.05, 3.63) is 71.0 Å². The van der Waals surface area contributed by atoms with Gasteiger partial charge in [-0.2, -0.15) is 0 Å². The van der Waals surface area contributed by atoms with Crippen LogP contribution in [-0.4, -0.2) is 36.4 Å². The molecular formula is C25H34FIN4O. The summed E-state index contributed by atoms with van der Waals surface area (Å²) < 4.78 is 13.7. The lowest BCUT2D eigenvalue weighted by Crippen LogP contribution is -2.43. The topological polar surface area (TPSA) is 56.7 Å². The van der Waals surface area contributed by atoms with Gasteiger partial charge in [0.15, 0.2) is 5.96 Å². The van der Waals surface area contributed by atoms with Crippen molar-refractivity contribution in [2.24, 2.45) is 4.99 Å². The summed E-state index contributed by atoms with van der Waals surface area (Å²) in [4.78, 5) is 18.7. The predicted molar refractivity (Wildman–Crippen MR) is 139 cm³/mol. The zero-order valence-electron chi connectivity index (χ0n) is 19.2. The van der Waals surface area contributed by atoms with Gasteiger partial charge in [-0.15, -0.1) is 24.0 Å². The molecule has 174 valence electrons. The number of nitrogens with one attached hydrogen (secondary N) is 2. The molecule has 1 heterocycles. The van der Waals surface area contributed by atoms with Gasteiger partial charge in [0, 0.05) is 38.0 Å². The zero-order valence-corrected chi connectivity index (χ0v) is 21.5. The van der Waals surface area contributed by atoms with Crippen molar-refractivity contribution in [2.75, 3.05) is 19.6 Å². The van der Waals surface area contributed by atoms with Crippen molar-refractivity contribution in [3.63, 3.8) is 0 Å². The van der Waals surface area contributed by atoms with E-state index >= 15 is 0 Å². The van der Waals surface area contributed by atoms with E-state index in [9.17, 15) is 9.18 Å². The number of carbonyl (C=O) groups excluding carboxylic acids is 1. The average molecular weight is 552 g/mol. The van der Waals surface area contributed by atoms with Gasteiger partial charge in [-0.1, -0.05) is 50.2 Å². The van der Waals surface area contributed by atoms with Crippen LogP contribution >= 0.6 is 24.0 Å². The zero-order chi connectivity index (χ0) is 22.3. The number of hydrogen-bond acceptors (Lipinski definition) is 2. The summed E-state index contributed by atoms with van der Waals surface area (Å²) >= 11 is 0. The second-order valence-electron chi connectivity index (χ2n) is 8.63. The van der Waals surface area contributed by atoms with Gasteiger partial charge in [-0.05, 0) is 42.2 Å². The molecule has 1 aliphatic heterocycles. The van der Waals surface area contributed by atoms with Crippen LogP contribution in [0.3, 0.4) is 0 Å². The van der Waals surface area contributed by atoms with E-state index in [1.54, 1.807) is 12.1 Å². The van der Waals surface area contributed by atoms with Gasteiger partial charge >= 0.3 is 0 Å². The third-order valence-electron chi connectivity index (χ3n) is 5.71. The molecule has 1 aliphatic rings. The summed E-state index contributed by atoms with van der Waals surface area (Å²) in [5.41, 5.74) is 2.93. The van der Waals surface area contributed by atoms with Crippen molar-refractivity contribution < 1.29 is 9.18 Å². The molecule has 5 nitrogen and oxygen atoms in total. The molecule has 0 spiro atoms. The molecule has 2 aromatic carbocycles. The summed E-state index contributed by atoms with van der Waals surface area (Å²) in [6.45, 7) is 9.55. The molecule has 1 fully saturated rings. The first-order valence-corrected chi connectivity index (χ1v) is 11.0. The largest absolute Gasteiger partial charge is 0.357 e. The second kappa shape index (κ2) is 12.2. The summed E-state index contributed by atoms with van der Waals surface area (Å²) in [7, 11) is 0. The van der Waals surface area contributed by atoms with E-state index < -0.39 is 0 Å². The molecular weight excluding hydrogens is 518 g/mol. The monoisotopic (exact) mass is 552 g/mol. The molecule has 1 saturated heterocycles. The van der Waals surface area contributed by atoms with Crippen LogP contribution < -0.4 is 10.6 Å². The minimum absolute atomic E-state index is 0. The molecule has 1 amide bonds. The Morgan fingerprint density at radius 2 is 1.88 bits per heavy atom. The van der Waals surface area contributed by atoms with E-state index in [-0.39, 0.29) is 41.1 Å². The van der Waals surface area contributed by atoms with Crippen molar-refractivity contribution >= 4 is 35.8 Å². The van der Waals surface area contributed by atoms with Crippen LogP contribution in [0.4, 0.5) is 4.39 Å². The number of likely N-dealkylation sites (tertiary alicyclic amines) is 1. The Labute approximate surface area is 207 Å². The maximum atomic E-state index is 13.7. The summed E-state index contributed by atoms with van der Waals surface area (Å²) in [5, 5.41) is 6.69. The van der Waals surface area contributed by atoms with Crippen LogP contribution in [0.15, 0.2) is 53.5 Å². The Morgan fingerprint density at radius 1 is 1.12 bits per heavy atom. The highest BCUT2D eigenvalue weighted by Crippen LogP contribution is 2.23. The molecule has 2 N–H and O–H groups in total. The third-order valence-corrected chi connectivity index (χ3v) is 5.71. The van der Waals surface area contributed by atoms with Crippen molar-refractivity contribution in [1.29, 1.82) is 0 Å². The lowest BCUT2D eigenvalue weighted by Gasteiger charge is -2.27. The van der Waals surface area contributed by atoms with Gasteiger partial charge in [0.25, 0.3) is 0 Å². The van der Waals surface area contributed by atoms with Crippen molar-refractivity contribution in [2.45, 2.75) is 52.1 Å². The lowest BCUT2D eigenvalue weighted by molar-refractivity contribution is -0.128. The van der Waals surface area contributed by atoms with Crippen LogP contribution in [0.5, 0.6) is 0 Å². The SMILES string of the molecule is CCNC(=NCc1ccccc1CN1CCCC1=O)NCC(C)(C)c1cccc(F)c1.I. The van der Waals surface area contributed by atoms with E-state index in [2.05, 4.69) is 36.6 Å². The van der Waals surface area contributed by atoms with E-state index in [1.807, 2.05) is 30.0 Å². The maximum Gasteiger partial charge on any atom is 0.222 e. The van der Waals surface area contributed by atoms with Crippen LogP contribution in [0.25, 0.3) is 0 Å². The standard InChI is InChI=1S/C25H33FN4O.HI/c1-4-27-24(29-18-25(2,3)21-11-7-12-22(26)15-21)28-16-19-9-5-6-10-20(19)17-30-14-8-13-23(30)31;/h5-7,9-12,15H,4,8,13-14,16-18H2,1-3H3,(H2,27,28,29);1H. The molecule has 0 aromatic heterocycles. The minimum Gasteiger partial charge on any atom is -0.357 e. The van der Waals surface area contributed by atoms with E-state index in [1.165, 1.54) is 6.07 Å². The Kier molecular flexibility index (Phi) is 9.93. The number of nitrogens with zero attached hydrogens (tertiary/aromatic N) is 2. The number of guanidine groups is 1. The number of halogens is 2. The first-order chi connectivity index (χ1) is 14.9. The first kappa shape index (κ1) is 26.1. The maximum absolute atomic E-state index is 13.7. The van der Waals surface area contributed by atoms with Crippen LogP contribution in [0, 0.1) is 5.82 Å². The fourth-order valence-electron chi connectivity index (χ4n) is 3.76. The number of aliphatic imine (C=N–C) groups is 1. The number of rotatable bonds is 8. The van der Waals surface area contributed by atoms with Gasteiger partial charge in [0.2, 0.25) is 5.91 Å². The molecule has 32 heavy (non-hydrogen) atoms. The van der Waals surface area contributed by atoms with Gasteiger partial charge < -0.3 is 15.5 Å². The Balaban J connectivity index is 0.00000363. The third kappa shape index (κ3) is 7.18. The van der Waals surface area contributed by atoms with Crippen LogP contribution in [-0.2, 0) is 23.3 Å². The average Bonchev–Trinajstić information content (AvgIpc) is 3.15. The summed E-state index contributed by atoms with van der Waals surface area (Å²) in [6, 6.07) is 14.9. The fraction of sp³-hybridized carbons (Fsp3) is 0.440. The summed E-state index contributed by atoms with van der Waals surface area (Å²) in [6.07, 6.45) is 1.59. The fourth-order valence-corrected chi connectivity index (χ4v) is 3.76. The molecule has 0 saturated carbocycles. The van der Waals surface area contributed by atoms with Gasteiger partial charge in [-0.25, -0.2) is 9.38 Å². The van der Waals surface area contributed by atoms with Gasteiger partial charge in [0.1, 0.15) is 5.82 Å². The van der Waals surface area contributed by atoms with Gasteiger partial charge in [-0.3, -0.25) is 4.79 Å². The Bertz CT molecular complexity index is 932. The first-order valence-electron chi connectivity index (χ1n) is 11.0. The molecule has 0 bridgehead atoms. The second-order valence-corrected chi connectivity index (χ2v) is 8.63. The normalized spacial score (nSPS) is 14.3. The van der Waals surface area contributed by atoms with E-state index in [0.717, 1.165) is 42.2 Å². The highest BCUT2D eigenvalue weighted by molar-refractivity contribution is 14.0. The molecule has 0 aliphatic carbocycles. The van der Waals surface area contributed by atoms with Crippen LogP contribution in [0.2, 0.25) is 0 Å². The van der Waals surface area contributed by atoms with E-state index in [0.29, 0.717) is 26.1 Å². The molecule has 0 radical (unpaired) electrons. The van der Waals surface area contributed by atoms with Crippen LogP contribution in [0.1, 0.15) is 50.3 Å². The number of amides is 1. The lowest BCUT2D eigenvalue weighted by atomic mass is 9.84. The number of benzene rings is 2.